The number of carbonyl (C=O) groups is 1. The lowest BCUT2D eigenvalue weighted by atomic mass is 9.95. The van der Waals surface area contributed by atoms with E-state index in [1.54, 1.807) is 30.3 Å². The van der Waals surface area contributed by atoms with Crippen molar-refractivity contribution >= 4 is 40.2 Å². The molecule has 1 heterocycles. The van der Waals surface area contributed by atoms with Crippen LogP contribution in [0.15, 0.2) is 78.9 Å². The second-order valence-corrected chi connectivity index (χ2v) is 11.2. The summed E-state index contributed by atoms with van der Waals surface area (Å²) in [6.45, 7) is -0.0117. The third kappa shape index (κ3) is 5.54. The number of ether oxygens (including phenoxy) is 1. The molecule has 6 rings (SSSR count). The molecule has 0 radical (unpaired) electrons. The van der Waals surface area contributed by atoms with Crippen LogP contribution in [-0.4, -0.2) is 20.6 Å². The highest BCUT2D eigenvalue weighted by atomic mass is 35.5. The molecule has 0 aliphatic heterocycles. The molecule has 0 atom stereocenters. The Hall–Kier alpha value is -3.87. The average molecular weight is 589 g/mol. The molecule has 4 aromatic carbocycles. The van der Waals surface area contributed by atoms with Crippen LogP contribution in [0.25, 0.3) is 33.5 Å². The monoisotopic (exact) mass is 588 g/mol. The molecule has 0 bridgehead atoms. The van der Waals surface area contributed by atoms with E-state index in [0.717, 1.165) is 48.2 Å². The van der Waals surface area contributed by atoms with Crippen LogP contribution in [0.5, 0.6) is 5.75 Å². The molecule has 1 fully saturated rings. The van der Waals surface area contributed by atoms with Crippen molar-refractivity contribution in [3.63, 3.8) is 0 Å². The first kappa shape index (κ1) is 27.3. The number of imidazole rings is 1. The van der Waals surface area contributed by atoms with E-state index in [1.807, 2.05) is 42.5 Å². The maximum absolute atomic E-state index is 15.1. The highest BCUT2D eigenvalue weighted by Crippen LogP contribution is 2.37. The van der Waals surface area contributed by atoms with Crippen LogP contribution in [0.2, 0.25) is 10.0 Å². The van der Waals surface area contributed by atoms with Crippen LogP contribution in [-0.2, 0) is 6.61 Å². The number of aromatic nitrogens is 2. The van der Waals surface area contributed by atoms with Gasteiger partial charge in [0.1, 0.15) is 24.0 Å². The molecule has 1 aliphatic rings. The van der Waals surface area contributed by atoms with Crippen LogP contribution in [0, 0.1) is 5.82 Å². The lowest BCUT2D eigenvalue weighted by molar-refractivity contribution is 0.0697. The second kappa shape index (κ2) is 11.6. The van der Waals surface area contributed by atoms with Gasteiger partial charge in [-0.05, 0) is 84.6 Å². The maximum atomic E-state index is 15.1. The number of carboxylic acid groups (broad SMARTS) is 1. The first-order chi connectivity index (χ1) is 19.9. The summed E-state index contributed by atoms with van der Waals surface area (Å²) in [6.07, 6.45) is 5.65. The number of nitrogens with zero attached hydrogens (tertiary/aromatic N) is 2. The largest absolute Gasteiger partial charge is 0.489 e. The van der Waals surface area contributed by atoms with Crippen molar-refractivity contribution in [3.8, 4) is 28.3 Å². The summed E-state index contributed by atoms with van der Waals surface area (Å²) in [5, 5.41) is 10.1. The van der Waals surface area contributed by atoms with Crippen molar-refractivity contribution < 1.29 is 19.0 Å². The molecule has 41 heavy (non-hydrogen) atoms. The van der Waals surface area contributed by atoms with Crippen LogP contribution >= 0.6 is 23.2 Å². The number of fused-ring (bicyclic) bond motifs is 1. The molecule has 0 spiro atoms. The van der Waals surface area contributed by atoms with Crippen LogP contribution in [0.3, 0.4) is 0 Å². The first-order valence-corrected chi connectivity index (χ1v) is 14.4. The minimum atomic E-state index is -0.975. The summed E-state index contributed by atoms with van der Waals surface area (Å²) >= 11 is 12.2. The Labute approximate surface area is 247 Å². The van der Waals surface area contributed by atoms with E-state index < -0.39 is 11.8 Å². The molecule has 0 amide bonds. The Bertz CT molecular complexity index is 1730. The van der Waals surface area contributed by atoms with E-state index in [4.69, 9.17) is 32.9 Å². The fourth-order valence-electron chi connectivity index (χ4n) is 5.63. The lowest BCUT2D eigenvalue weighted by Crippen LogP contribution is -2.14. The van der Waals surface area contributed by atoms with E-state index in [-0.39, 0.29) is 17.2 Å². The molecule has 208 valence electrons. The van der Waals surface area contributed by atoms with Crippen molar-refractivity contribution in [3.05, 3.63) is 106 Å². The van der Waals surface area contributed by atoms with Crippen LogP contribution in [0.1, 0.15) is 54.1 Å². The van der Waals surface area contributed by atoms with Crippen molar-refractivity contribution in [2.24, 2.45) is 0 Å². The summed E-state index contributed by atoms with van der Waals surface area (Å²) < 4.78 is 23.4. The topological polar surface area (TPSA) is 64.3 Å². The van der Waals surface area contributed by atoms with Gasteiger partial charge < -0.3 is 14.4 Å². The predicted molar refractivity (Wildman–Crippen MR) is 160 cm³/mol. The maximum Gasteiger partial charge on any atom is 0.335 e. The lowest BCUT2D eigenvalue weighted by Gasteiger charge is -2.25. The summed E-state index contributed by atoms with van der Waals surface area (Å²) in [6, 6.07) is 23.5. The van der Waals surface area contributed by atoms with E-state index in [0.29, 0.717) is 33.5 Å². The van der Waals surface area contributed by atoms with E-state index >= 15 is 4.39 Å². The van der Waals surface area contributed by atoms with E-state index in [1.165, 1.54) is 12.5 Å². The first-order valence-electron chi connectivity index (χ1n) is 13.6. The van der Waals surface area contributed by atoms with Gasteiger partial charge in [0.25, 0.3) is 0 Å². The van der Waals surface area contributed by atoms with Gasteiger partial charge >= 0.3 is 5.97 Å². The zero-order valence-corrected chi connectivity index (χ0v) is 23.6. The van der Waals surface area contributed by atoms with Crippen molar-refractivity contribution in [2.45, 2.75) is 44.8 Å². The molecule has 1 aliphatic carbocycles. The fraction of sp³-hybridized carbons (Fsp3) is 0.212. The standard InChI is InChI=1S/C33H27Cl2FN2O3/c34-23-11-6-20(7-12-23)26-15-16-28(35)31(36)27(26)19-41-25-13-8-21(9-14-25)32-37-29-18-22(33(39)40)10-17-30(29)38(32)24-4-2-1-3-5-24/h6-18,24H,1-5,19H2,(H,39,40). The Morgan fingerprint density at radius 3 is 2.34 bits per heavy atom. The van der Waals surface area contributed by atoms with Gasteiger partial charge in [0.15, 0.2) is 0 Å². The van der Waals surface area contributed by atoms with Crippen molar-refractivity contribution in [1.82, 2.24) is 9.55 Å². The number of hydrogen-bond acceptors (Lipinski definition) is 3. The summed E-state index contributed by atoms with van der Waals surface area (Å²) in [7, 11) is 0. The Morgan fingerprint density at radius 1 is 0.927 bits per heavy atom. The Kier molecular flexibility index (Phi) is 7.69. The van der Waals surface area contributed by atoms with E-state index in [9.17, 15) is 9.90 Å². The molecule has 5 nitrogen and oxygen atoms in total. The molecule has 1 N–H and O–H groups in total. The number of benzene rings is 4. The second-order valence-electron chi connectivity index (χ2n) is 10.3. The minimum Gasteiger partial charge on any atom is -0.489 e. The van der Waals surface area contributed by atoms with Crippen LogP contribution in [0.4, 0.5) is 4.39 Å². The highest BCUT2D eigenvalue weighted by molar-refractivity contribution is 6.31. The number of carboxylic acids is 1. The predicted octanol–water partition coefficient (Wildman–Crippen LogP) is 9.60. The number of aromatic carboxylic acids is 1. The molecule has 1 aromatic heterocycles. The molecule has 1 saturated carbocycles. The van der Waals surface area contributed by atoms with Gasteiger partial charge in [-0.1, -0.05) is 60.7 Å². The SMILES string of the molecule is O=C(O)c1ccc2c(c1)nc(-c1ccc(OCc3c(-c4ccc(Cl)cc4)ccc(Cl)c3F)cc1)n2C1CCCCC1. The van der Waals surface area contributed by atoms with Gasteiger partial charge in [0.05, 0.1) is 21.6 Å². The molecular weight excluding hydrogens is 562 g/mol. The summed E-state index contributed by atoms with van der Waals surface area (Å²) in [5.41, 5.74) is 4.56. The van der Waals surface area contributed by atoms with E-state index in [2.05, 4.69) is 4.57 Å². The van der Waals surface area contributed by atoms with Crippen molar-refractivity contribution in [2.75, 3.05) is 0 Å². The van der Waals surface area contributed by atoms with Crippen LogP contribution < -0.4 is 4.74 Å². The summed E-state index contributed by atoms with van der Waals surface area (Å²) in [4.78, 5) is 16.5. The zero-order valence-electron chi connectivity index (χ0n) is 22.1. The van der Waals surface area contributed by atoms with Crippen molar-refractivity contribution in [1.29, 1.82) is 0 Å². The normalized spacial score (nSPS) is 13.9. The number of hydrogen-bond donors (Lipinski definition) is 1. The highest BCUT2D eigenvalue weighted by Gasteiger charge is 2.23. The summed E-state index contributed by atoms with van der Waals surface area (Å²) in [5.74, 6) is -0.120. The van der Waals surface area contributed by atoms with Gasteiger partial charge in [0.2, 0.25) is 0 Å². The average Bonchev–Trinajstić information content (AvgIpc) is 3.38. The quantitative estimate of drug-likeness (QED) is 0.205. The van der Waals surface area contributed by atoms with Gasteiger partial charge in [-0.25, -0.2) is 14.2 Å². The van der Waals surface area contributed by atoms with Gasteiger partial charge in [-0.3, -0.25) is 0 Å². The van der Waals surface area contributed by atoms with Gasteiger partial charge in [-0.15, -0.1) is 0 Å². The molecular formula is C33H27Cl2FN2O3. The zero-order chi connectivity index (χ0) is 28.5. The third-order valence-electron chi connectivity index (χ3n) is 7.72. The molecule has 8 heteroatoms. The fourth-order valence-corrected chi connectivity index (χ4v) is 5.94. The Morgan fingerprint density at radius 2 is 1.63 bits per heavy atom. The molecule has 0 saturated heterocycles. The third-order valence-corrected chi connectivity index (χ3v) is 8.27. The molecule has 0 unspecified atom stereocenters. The molecule has 5 aromatic rings. The Balaban J connectivity index is 1.30. The minimum absolute atomic E-state index is 0.0117. The number of rotatable bonds is 7. The van der Waals surface area contributed by atoms with Gasteiger partial charge in [0, 0.05) is 22.2 Å². The van der Waals surface area contributed by atoms with Gasteiger partial charge in [-0.2, -0.15) is 0 Å². The number of halogens is 3. The smallest absolute Gasteiger partial charge is 0.335 e.